The molecule has 1 aliphatic heterocycles. The lowest BCUT2D eigenvalue weighted by molar-refractivity contribution is 0.199. The molecule has 1 N–H and O–H groups in total. The third kappa shape index (κ3) is 4.96. The Morgan fingerprint density at radius 3 is 2.74 bits per heavy atom. The van der Waals surface area contributed by atoms with Crippen LogP contribution in [0, 0.1) is 0 Å². The number of imidazole rings is 1. The highest BCUT2D eigenvalue weighted by atomic mass is 35.5. The van der Waals surface area contributed by atoms with Crippen LogP contribution in [0.3, 0.4) is 0 Å². The predicted octanol–water partition coefficient (Wildman–Crippen LogP) is 2.21. The van der Waals surface area contributed by atoms with Crippen LogP contribution in [0.2, 0.25) is 0 Å². The van der Waals surface area contributed by atoms with Crippen molar-refractivity contribution in [2.45, 2.75) is 26.1 Å². The van der Waals surface area contributed by atoms with Crippen molar-refractivity contribution in [3.8, 4) is 5.75 Å². The van der Waals surface area contributed by atoms with Crippen molar-refractivity contribution in [1.82, 2.24) is 19.8 Å². The number of nitrogens with zero attached hydrogens (tertiary/aromatic N) is 3. The van der Waals surface area contributed by atoms with E-state index < -0.39 is 0 Å². The van der Waals surface area contributed by atoms with Gasteiger partial charge in [-0.3, -0.25) is 4.90 Å². The number of nitrogens with one attached hydrogen (secondary N) is 1. The standard InChI is InChI=1S/C17H24N4O.ClH/c1-14-11-21(10-8-18-14)12-15-3-5-16(6-4-15)22-13-17-19-7-9-20(17)2;/h3-7,9,14,18H,8,10-13H2,1-2H3;1H/t14-;/m0./s1. The lowest BCUT2D eigenvalue weighted by atomic mass is 10.1. The summed E-state index contributed by atoms with van der Waals surface area (Å²) in [6.45, 7) is 7.04. The summed E-state index contributed by atoms with van der Waals surface area (Å²) in [6, 6.07) is 8.98. The summed E-state index contributed by atoms with van der Waals surface area (Å²) in [5.41, 5.74) is 1.33. The quantitative estimate of drug-likeness (QED) is 0.909. The highest BCUT2D eigenvalue weighted by Gasteiger charge is 2.15. The van der Waals surface area contributed by atoms with Gasteiger partial charge in [0.15, 0.2) is 0 Å². The monoisotopic (exact) mass is 336 g/mol. The van der Waals surface area contributed by atoms with Crippen LogP contribution in [0.15, 0.2) is 36.7 Å². The van der Waals surface area contributed by atoms with Gasteiger partial charge < -0.3 is 14.6 Å². The second-order valence-corrected chi connectivity index (χ2v) is 5.98. The lowest BCUT2D eigenvalue weighted by Gasteiger charge is -2.31. The number of ether oxygens (including phenoxy) is 1. The maximum atomic E-state index is 5.79. The van der Waals surface area contributed by atoms with Crippen molar-refractivity contribution in [3.63, 3.8) is 0 Å². The van der Waals surface area contributed by atoms with Crippen LogP contribution >= 0.6 is 12.4 Å². The normalized spacial score (nSPS) is 18.4. The first kappa shape index (κ1) is 17.8. The minimum atomic E-state index is 0. The molecule has 1 atom stereocenters. The zero-order chi connectivity index (χ0) is 15.4. The lowest BCUT2D eigenvalue weighted by Crippen LogP contribution is -2.48. The van der Waals surface area contributed by atoms with Crippen LogP contribution in [0.4, 0.5) is 0 Å². The number of hydrogen-bond acceptors (Lipinski definition) is 4. The van der Waals surface area contributed by atoms with E-state index in [-0.39, 0.29) is 12.4 Å². The van der Waals surface area contributed by atoms with Gasteiger partial charge in [0.1, 0.15) is 18.2 Å². The van der Waals surface area contributed by atoms with Gasteiger partial charge >= 0.3 is 0 Å². The number of hydrogen-bond donors (Lipinski definition) is 1. The molecule has 0 spiro atoms. The molecule has 126 valence electrons. The molecule has 0 aliphatic carbocycles. The Morgan fingerprint density at radius 1 is 1.30 bits per heavy atom. The molecule has 2 aromatic rings. The van der Waals surface area contributed by atoms with Gasteiger partial charge in [-0.15, -0.1) is 12.4 Å². The zero-order valence-corrected chi connectivity index (χ0v) is 14.6. The molecule has 5 nitrogen and oxygen atoms in total. The number of rotatable bonds is 5. The van der Waals surface area contributed by atoms with E-state index in [2.05, 4.69) is 34.3 Å². The first-order chi connectivity index (χ1) is 10.7. The average molecular weight is 337 g/mol. The van der Waals surface area contributed by atoms with Crippen molar-refractivity contribution in [2.24, 2.45) is 7.05 Å². The largest absolute Gasteiger partial charge is 0.486 e. The Kier molecular flexibility index (Phi) is 6.45. The molecular weight excluding hydrogens is 312 g/mol. The zero-order valence-electron chi connectivity index (χ0n) is 13.7. The number of halogens is 1. The fourth-order valence-corrected chi connectivity index (χ4v) is 2.79. The second kappa shape index (κ2) is 8.34. The van der Waals surface area contributed by atoms with Crippen molar-refractivity contribution in [3.05, 3.63) is 48.0 Å². The Bertz CT molecular complexity index is 599. The molecule has 1 aromatic heterocycles. The molecule has 0 unspecified atom stereocenters. The molecule has 2 heterocycles. The van der Waals surface area contributed by atoms with E-state index in [0.29, 0.717) is 12.6 Å². The summed E-state index contributed by atoms with van der Waals surface area (Å²) in [5, 5.41) is 3.47. The molecular formula is C17H25ClN4O. The minimum absolute atomic E-state index is 0. The number of aryl methyl sites for hydroxylation is 1. The Labute approximate surface area is 144 Å². The van der Waals surface area contributed by atoms with Gasteiger partial charge in [0.05, 0.1) is 0 Å². The molecule has 1 fully saturated rings. The van der Waals surface area contributed by atoms with E-state index in [4.69, 9.17) is 4.74 Å². The molecule has 3 rings (SSSR count). The van der Waals surface area contributed by atoms with E-state index in [9.17, 15) is 0 Å². The molecule has 1 saturated heterocycles. The molecule has 0 saturated carbocycles. The summed E-state index contributed by atoms with van der Waals surface area (Å²) in [4.78, 5) is 6.75. The predicted molar refractivity (Wildman–Crippen MR) is 94.0 cm³/mol. The fraction of sp³-hybridized carbons (Fsp3) is 0.471. The van der Waals surface area contributed by atoms with Crippen molar-refractivity contribution < 1.29 is 4.74 Å². The molecule has 0 radical (unpaired) electrons. The molecule has 23 heavy (non-hydrogen) atoms. The van der Waals surface area contributed by atoms with E-state index in [1.54, 1.807) is 6.20 Å². The smallest absolute Gasteiger partial charge is 0.146 e. The number of piperazine rings is 1. The maximum Gasteiger partial charge on any atom is 0.146 e. The second-order valence-electron chi connectivity index (χ2n) is 5.98. The van der Waals surface area contributed by atoms with Crippen molar-refractivity contribution in [1.29, 1.82) is 0 Å². The van der Waals surface area contributed by atoms with Crippen LogP contribution < -0.4 is 10.1 Å². The van der Waals surface area contributed by atoms with Crippen molar-refractivity contribution in [2.75, 3.05) is 19.6 Å². The molecule has 0 bridgehead atoms. The minimum Gasteiger partial charge on any atom is -0.486 e. The average Bonchev–Trinajstić information content (AvgIpc) is 2.92. The van der Waals surface area contributed by atoms with Gasteiger partial charge in [0.2, 0.25) is 0 Å². The van der Waals surface area contributed by atoms with Crippen LogP contribution in [0.1, 0.15) is 18.3 Å². The summed E-state index contributed by atoms with van der Waals surface area (Å²) in [7, 11) is 1.98. The third-order valence-corrected chi connectivity index (χ3v) is 4.07. The Morgan fingerprint density at radius 2 is 2.09 bits per heavy atom. The Hall–Kier alpha value is -1.56. The van der Waals surface area contributed by atoms with E-state index >= 15 is 0 Å². The third-order valence-electron chi connectivity index (χ3n) is 4.07. The number of benzene rings is 1. The number of aromatic nitrogens is 2. The first-order valence-electron chi connectivity index (χ1n) is 7.84. The summed E-state index contributed by atoms with van der Waals surface area (Å²) in [5.74, 6) is 1.82. The first-order valence-corrected chi connectivity index (χ1v) is 7.84. The summed E-state index contributed by atoms with van der Waals surface area (Å²) < 4.78 is 7.76. The summed E-state index contributed by atoms with van der Waals surface area (Å²) in [6.07, 6.45) is 3.71. The maximum absolute atomic E-state index is 5.79. The van der Waals surface area contributed by atoms with Crippen LogP contribution in [-0.2, 0) is 20.2 Å². The molecule has 6 heteroatoms. The fourth-order valence-electron chi connectivity index (χ4n) is 2.79. The van der Waals surface area contributed by atoms with Crippen molar-refractivity contribution >= 4 is 12.4 Å². The van der Waals surface area contributed by atoms with Crippen LogP contribution in [-0.4, -0.2) is 40.1 Å². The van der Waals surface area contributed by atoms with Gasteiger partial charge in [-0.1, -0.05) is 12.1 Å². The van der Waals surface area contributed by atoms with Gasteiger partial charge in [-0.25, -0.2) is 4.98 Å². The van der Waals surface area contributed by atoms with Gasteiger partial charge in [-0.2, -0.15) is 0 Å². The van der Waals surface area contributed by atoms with E-state index in [0.717, 1.165) is 37.8 Å². The molecule has 1 aliphatic rings. The van der Waals surface area contributed by atoms with Gasteiger partial charge in [0, 0.05) is 51.7 Å². The Balaban J connectivity index is 0.00000192. The SMILES string of the molecule is C[C@H]1CN(Cc2ccc(OCc3nccn3C)cc2)CCN1.Cl. The van der Waals surface area contributed by atoms with E-state index in [1.807, 2.05) is 29.9 Å². The van der Waals surface area contributed by atoms with Gasteiger partial charge in [-0.05, 0) is 24.6 Å². The topological polar surface area (TPSA) is 42.3 Å². The van der Waals surface area contributed by atoms with Gasteiger partial charge in [0.25, 0.3) is 0 Å². The van der Waals surface area contributed by atoms with E-state index in [1.165, 1.54) is 5.56 Å². The summed E-state index contributed by atoms with van der Waals surface area (Å²) >= 11 is 0. The van der Waals surface area contributed by atoms with Crippen LogP contribution in [0.5, 0.6) is 5.75 Å². The van der Waals surface area contributed by atoms with Crippen LogP contribution in [0.25, 0.3) is 0 Å². The molecule has 1 aromatic carbocycles. The highest BCUT2D eigenvalue weighted by Crippen LogP contribution is 2.15. The highest BCUT2D eigenvalue weighted by molar-refractivity contribution is 5.85. The molecule has 0 amide bonds.